The fourth-order valence-corrected chi connectivity index (χ4v) is 1.95. The number of carboxylic acids is 1. The van der Waals surface area contributed by atoms with Crippen molar-refractivity contribution in [2.45, 2.75) is 45.7 Å². The van der Waals surface area contributed by atoms with Gasteiger partial charge in [0, 0.05) is 18.7 Å². The largest absolute Gasteiger partial charge is 0.480 e. The van der Waals surface area contributed by atoms with Gasteiger partial charge in [-0.15, -0.1) is 0 Å². The lowest BCUT2D eigenvalue weighted by Gasteiger charge is -2.15. The molecule has 0 amide bonds. The van der Waals surface area contributed by atoms with Gasteiger partial charge in [0.2, 0.25) is 0 Å². The number of nitro groups is 1. The highest BCUT2D eigenvalue weighted by atomic mass is 16.6. The zero-order valence-corrected chi connectivity index (χ0v) is 11.8. The van der Waals surface area contributed by atoms with Crippen molar-refractivity contribution < 1.29 is 14.8 Å². The summed E-state index contributed by atoms with van der Waals surface area (Å²) in [5, 5.41) is 22.8. The number of carbonyl (C=O) groups is 1. The molecule has 0 spiro atoms. The van der Waals surface area contributed by atoms with Gasteiger partial charge >= 0.3 is 5.97 Å². The van der Waals surface area contributed by atoms with Crippen LogP contribution in [0, 0.1) is 17.0 Å². The van der Waals surface area contributed by atoms with Crippen LogP contribution in [0.3, 0.4) is 0 Å². The number of benzene rings is 1. The number of nitrogens with one attached hydrogen (secondary N) is 1. The van der Waals surface area contributed by atoms with E-state index in [-0.39, 0.29) is 5.69 Å². The van der Waals surface area contributed by atoms with Crippen molar-refractivity contribution in [1.29, 1.82) is 0 Å². The second-order valence-corrected chi connectivity index (χ2v) is 4.78. The Morgan fingerprint density at radius 3 is 2.70 bits per heavy atom. The van der Waals surface area contributed by atoms with Gasteiger partial charge in [-0.2, -0.15) is 0 Å². The summed E-state index contributed by atoms with van der Waals surface area (Å²) in [5.74, 6) is -0.863. The molecular weight excluding hydrogens is 260 g/mol. The Morgan fingerprint density at radius 2 is 2.20 bits per heavy atom. The average molecular weight is 280 g/mol. The SMILES string of the molecule is CCCCC(NCc1ccc([N+](=O)[O-])cc1C)C(=O)O. The van der Waals surface area contributed by atoms with Crippen LogP contribution < -0.4 is 5.32 Å². The van der Waals surface area contributed by atoms with Gasteiger partial charge in [0.05, 0.1) is 4.92 Å². The molecule has 0 aliphatic carbocycles. The predicted molar refractivity (Wildman–Crippen MR) is 75.6 cm³/mol. The maximum atomic E-state index is 11.1. The van der Waals surface area contributed by atoms with Crippen LogP contribution in [0.1, 0.15) is 37.3 Å². The molecule has 6 nitrogen and oxygen atoms in total. The number of hydrogen-bond donors (Lipinski definition) is 2. The van der Waals surface area contributed by atoms with Crippen molar-refractivity contribution in [2.24, 2.45) is 0 Å². The van der Waals surface area contributed by atoms with Crippen LogP contribution in [0.15, 0.2) is 18.2 Å². The molecule has 0 aliphatic rings. The Hall–Kier alpha value is -1.95. The van der Waals surface area contributed by atoms with Gasteiger partial charge < -0.3 is 10.4 Å². The van der Waals surface area contributed by atoms with Gasteiger partial charge in [0.25, 0.3) is 5.69 Å². The van der Waals surface area contributed by atoms with E-state index in [1.54, 1.807) is 13.0 Å². The van der Waals surface area contributed by atoms with Gasteiger partial charge in [-0.25, -0.2) is 0 Å². The molecule has 0 radical (unpaired) electrons. The lowest BCUT2D eigenvalue weighted by atomic mass is 10.1. The molecule has 0 saturated carbocycles. The summed E-state index contributed by atoms with van der Waals surface area (Å²) >= 11 is 0. The number of nitrogens with zero attached hydrogens (tertiary/aromatic N) is 1. The fourth-order valence-electron chi connectivity index (χ4n) is 1.95. The summed E-state index contributed by atoms with van der Waals surface area (Å²) in [6, 6.07) is 4.02. The van der Waals surface area contributed by atoms with E-state index in [0.717, 1.165) is 24.0 Å². The fraction of sp³-hybridized carbons (Fsp3) is 0.500. The summed E-state index contributed by atoms with van der Waals surface area (Å²) in [4.78, 5) is 21.3. The second kappa shape index (κ2) is 7.59. The molecule has 0 aromatic heterocycles. The van der Waals surface area contributed by atoms with E-state index in [2.05, 4.69) is 5.32 Å². The van der Waals surface area contributed by atoms with Crippen molar-refractivity contribution in [2.75, 3.05) is 0 Å². The van der Waals surface area contributed by atoms with Crippen molar-refractivity contribution >= 4 is 11.7 Å². The third-order valence-corrected chi connectivity index (χ3v) is 3.22. The summed E-state index contributed by atoms with van der Waals surface area (Å²) in [7, 11) is 0. The van der Waals surface area contributed by atoms with E-state index < -0.39 is 16.9 Å². The predicted octanol–water partition coefficient (Wildman–Crippen LogP) is 2.64. The van der Waals surface area contributed by atoms with Crippen molar-refractivity contribution in [3.05, 3.63) is 39.4 Å². The summed E-state index contributed by atoms with van der Waals surface area (Å²) in [6.45, 7) is 4.19. The Labute approximate surface area is 118 Å². The van der Waals surface area contributed by atoms with E-state index >= 15 is 0 Å². The molecule has 0 bridgehead atoms. The van der Waals surface area contributed by atoms with Crippen LogP contribution in [0.2, 0.25) is 0 Å². The van der Waals surface area contributed by atoms with Gasteiger partial charge in [-0.1, -0.05) is 25.8 Å². The van der Waals surface area contributed by atoms with Gasteiger partial charge in [-0.05, 0) is 24.5 Å². The normalized spacial score (nSPS) is 12.1. The zero-order valence-electron chi connectivity index (χ0n) is 11.8. The number of carboxylic acid groups (broad SMARTS) is 1. The molecule has 2 N–H and O–H groups in total. The molecule has 20 heavy (non-hydrogen) atoms. The first kappa shape index (κ1) is 16.1. The van der Waals surface area contributed by atoms with E-state index in [4.69, 9.17) is 5.11 Å². The van der Waals surface area contributed by atoms with Crippen LogP contribution in [0.4, 0.5) is 5.69 Å². The third-order valence-electron chi connectivity index (χ3n) is 3.22. The van der Waals surface area contributed by atoms with Crippen LogP contribution in [0.25, 0.3) is 0 Å². The Kier molecular flexibility index (Phi) is 6.11. The first-order chi connectivity index (χ1) is 9.45. The highest BCUT2D eigenvalue weighted by Gasteiger charge is 2.16. The average Bonchev–Trinajstić information content (AvgIpc) is 2.39. The molecule has 1 rings (SSSR count). The summed E-state index contributed by atoms with van der Waals surface area (Å²) < 4.78 is 0. The van der Waals surface area contributed by atoms with Gasteiger partial charge in [0.1, 0.15) is 6.04 Å². The minimum absolute atomic E-state index is 0.0482. The zero-order chi connectivity index (χ0) is 15.1. The quantitative estimate of drug-likeness (QED) is 0.564. The first-order valence-electron chi connectivity index (χ1n) is 6.65. The van der Waals surface area contributed by atoms with Gasteiger partial charge in [-0.3, -0.25) is 14.9 Å². The van der Waals surface area contributed by atoms with Crippen LogP contribution in [0.5, 0.6) is 0 Å². The molecule has 1 aromatic rings. The lowest BCUT2D eigenvalue weighted by Crippen LogP contribution is -2.36. The number of rotatable bonds is 8. The number of aliphatic carboxylic acids is 1. The first-order valence-corrected chi connectivity index (χ1v) is 6.65. The smallest absolute Gasteiger partial charge is 0.320 e. The van der Waals surface area contributed by atoms with E-state index in [1.165, 1.54) is 12.1 Å². The van der Waals surface area contributed by atoms with E-state index in [9.17, 15) is 14.9 Å². The molecule has 0 aliphatic heterocycles. The lowest BCUT2D eigenvalue weighted by molar-refractivity contribution is -0.384. The molecule has 1 aromatic carbocycles. The van der Waals surface area contributed by atoms with E-state index in [1.807, 2.05) is 6.92 Å². The van der Waals surface area contributed by atoms with Crippen molar-refractivity contribution in [1.82, 2.24) is 5.32 Å². The summed E-state index contributed by atoms with van der Waals surface area (Å²) in [5.41, 5.74) is 1.71. The van der Waals surface area contributed by atoms with Crippen LogP contribution in [-0.4, -0.2) is 22.0 Å². The van der Waals surface area contributed by atoms with Gasteiger partial charge in [0.15, 0.2) is 0 Å². The molecule has 110 valence electrons. The molecule has 0 saturated heterocycles. The number of aryl methyl sites for hydroxylation is 1. The Balaban J connectivity index is 2.68. The molecule has 0 heterocycles. The maximum Gasteiger partial charge on any atom is 0.320 e. The molecule has 6 heteroatoms. The minimum Gasteiger partial charge on any atom is -0.480 e. The number of hydrogen-bond acceptors (Lipinski definition) is 4. The molecule has 1 atom stereocenters. The monoisotopic (exact) mass is 280 g/mol. The Bertz CT molecular complexity index is 488. The number of non-ortho nitro benzene ring substituents is 1. The second-order valence-electron chi connectivity index (χ2n) is 4.78. The molecule has 0 fully saturated rings. The highest BCUT2D eigenvalue weighted by Crippen LogP contribution is 2.17. The maximum absolute atomic E-state index is 11.1. The number of unbranched alkanes of at least 4 members (excludes halogenated alkanes) is 1. The van der Waals surface area contributed by atoms with Crippen molar-refractivity contribution in [3.8, 4) is 0 Å². The van der Waals surface area contributed by atoms with Crippen molar-refractivity contribution in [3.63, 3.8) is 0 Å². The minimum atomic E-state index is -0.863. The van der Waals surface area contributed by atoms with E-state index in [0.29, 0.717) is 13.0 Å². The topological polar surface area (TPSA) is 92.5 Å². The van der Waals surface area contributed by atoms with Crippen LogP contribution >= 0.6 is 0 Å². The third kappa shape index (κ3) is 4.62. The highest BCUT2D eigenvalue weighted by molar-refractivity contribution is 5.73. The Morgan fingerprint density at radius 1 is 1.50 bits per heavy atom. The summed E-state index contributed by atoms with van der Waals surface area (Å²) in [6.07, 6.45) is 2.38. The van der Waals surface area contributed by atoms with Crippen LogP contribution in [-0.2, 0) is 11.3 Å². The molecular formula is C14H20N2O4. The number of nitro benzene ring substituents is 1. The molecule has 1 unspecified atom stereocenters. The standard InChI is InChI=1S/C14H20N2O4/c1-3-4-5-13(14(17)18)15-9-11-6-7-12(16(19)20)8-10(11)2/h6-8,13,15H,3-5,9H2,1-2H3,(H,17,18).